The summed E-state index contributed by atoms with van der Waals surface area (Å²) in [5, 5.41) is 11.2. The van der Waals surface area contributed by atoms with Gasteiger partial charge in [-0.05, 0) is 23.6 Å². The molecular weight excluding hydrogens is 206 g/mol. The predicted octanol–water partition coefficient (Wildman–Crippen LogP) is 1.75. The van der Waals surface area contributed by atoms with Crippen LogP contribution < -0.4 is 10.1 Å². The van der Waals surface area contributed by atoms with E-state index in [2.05, 4.69) is 19.2 Å². The summed E-state index contributed by atoms with van der Waals surface area (Å²) in [5.41, 5.74) is 1.71. The van der Waals surface area contributed by atoms with Crippen molar-refractivity contribution in [1.82, 2.24) is 0 Å². The van der Waals surface area contributed by atoms with Gasteiger partial charge in [-0.15, -0.1) is 0 Å². The molecule has 88 valence electrons. The van der Waals surface area contributed by atoms with Gasteiger partial charge in [-0.2, -0.15) is 0 Å². The lowest BCUT2D eigenvalue weighted by molar-refractivity contribution is -0.118. The lowest BCUT2D eigenvalue weighted by Crippen LogP contribution is -2.16. The molecule has 0 bridgehead atoms. The van der Waals surface area contributed by atoms with E-state index in [0.29, 0.717) is 17.4 Å². The largest absolute Gasteiger partial charge is 0.495 e. The summed E-state index contributed by atoms with van der Waals surface area (Å²) in [6.45, 7) is 3.64. The van der Waals surface area contributed by atoms with Crippen LogP contribution >= 0.6 is 0 Å². The number of carbonyl (C=O) groups is 1. The summed E-state index contributed by atoms with van der Waals surface area (Å²) < 4.78 is 5.19. The van der Waals surface area contributed by atoms with Crippen LogP contribution in [-0.2, 0) is 4.79 Å². The molecule has 0 radical (unpaired) electrons. The van der Waals surface area contributed by atoms with E-state index in [1.54, 1.807) is 13.2 Å². The summed E-state index contributed by atoms with van der Waals surface area (Å²) in [7, 11) is 1.55. The molecule has 0 unspecified atom stereocenters. The van der Waals surface area contributed by atoms with Gasteiger partial charge in [0.05, 0.1) is 12.8 Å². The van der Waals surface area contributed by atoms with Gasteiger partial charge < -0.3 is 15.2 Å². The first-order chi connectivity index (χ1) is 7.58. The quantitative estimate of drug-likeness (QED) is 0.817. The number of aliphatic hydroxyl groups excluding tert-OH is 1. The lowest BCUT2D eigenvalue weighted by atomic mass is 10.0. The van der Waals surface area contributed by atoms with Crippen LogP contribution in [0.5, 0.6) is 5.75 Å². The molecule has 16 heavy (non-hydrogen) atoms. The first-order valence-corrected chi connectivity index (χ1v) is 5.17. The topological polar surface area (TPSA) is 58.6 Å². The fourth-order valence-electron chi connectivity index (χ4n) is 1.36. The van der Waals surface area contributed by atoms with Gasteiger partial charge in [0.2, 0.25) is 5.91 Å². The van der Waals surface area contributed by atoms with Crippen LogP contribution in [0.3, 0.4) is 0 Å². The maximum Gasteiger partial charge on any atom is 0.250 e. The number of ether oxygens (including phenoxy) is 1. The summed E-state index contributed by atoms with van der Waals surface area (Å²) >= 11 is 0. The van der Waals surface area contributed by atoms with Crippen LogP contribution in [0.25, 0.3) is 0 Å². The van der Waals surface area contributed by atoms with Crippen LogP contribution in [-0.4, -0.2) is 24.7 Å². The van der Waals surface area contributed by atoms with Crippen molar-refractivity contribution in [1.29, 1.82) is 0 Å². The lowest BCUT2D eigenvalue weighted by Gasteiger charge is -2.12. The Balaban J connectivity index is 2.97. The average molecular weight is 223 g/mol. The number of rotatable bonds is 4. The summed E-state index contributed by atoms with van der Waals surface area (Å²) in [5.74, 6) is 0.556. The smallest absolute Gasteiger partial charge is 0.250 e. The second kappa shape index (κ2) is 5.51. The van der Waals surface area contributed by atoms with Gasteiger partial charge in [0.25, 0.3) is 0 Å². The van der Waals surface area contributed by atoms with Crippen molar-refractivity contribution in [2.75, 3.05) is 19.0 Å². The van der Waals surface area contributed by atoms with E-state index in [-0.39, 0.29) is 0 Å². The Morgan fingerprint density at radius 2 is 2.19 bits per heavy atom. The SMILES string of the molecule is COc1cc(C(C)C)ccc1NC(=O)CO. The third-order valence-electron chi connectivity index (χ3n) is 2.31. The van der Waals surface area contributed by atoms with Crippen LogP contribution in [0.2, 0.25) is 0 Å². The number of aliphatic hydroxyl groups is 1. The average Bonchev–Trinajstić information content (AvgIpc) is 2.29. The second-order valence-corrected chi connectivity index (χ2v) is 3.82. The molecule has 1 rings (SSSR count). The number of anilines is 1. The molecule has 4 heteroatoms. The standard InChI is InChI=1S/C12H17NO3/c1-8(2)9-4-5-10(11(6-9)16-3)13-12(15)7-14/h4-6,8,14H,7H2,1-3H3,(H,13,15). The fourth-order valence-corrected chi connectivity index (χ4v) is 1.36. The molecule has 0 aromatic heterocycles. The molecule has 0 aliphatic heterocycles. The Kier molecular flexibility index (Phi) is 4.31. The summed E-state index contributed by atoms with van der Waals surface area (Å²) in [6, 6.07) is 5.60. The van der Waals surface area contributed by atoms with Gasteiger partial charge in [-0.3, -0.25) is 4.79 Å². The highest BCUT2D eigenvalue weighted by molar-refractivity contribution is 5.93. The minimum Gasteiger partial charge on any atom is -0.495 e. The maximum atomic E-state index is 11.1. The monoisotopic (exact) mass is 223 g/mol. The zero-order chi connectivity index (χ0) is 12.1. The van der Waals surface area contributed by atoms with Gasteiger partial charge in [0, 0.05) is 0 Å². The number of methoxy groups -OCH3 is 1. The molecule has 0 atom stereocenters. The molecule has 2 N–H and O–H groups in total. The predicted molar refractivity (Wildman–Crippen MR) is 62.8 cm³/mol. The number of nitrogens with one attached hydrogen (secondary N) is 1. The third-order valence-corrected chi connectivity index (χ3v) is 2.31. The first-order valence-electron chi connectivity index (χ1n) is 5.17. The molecule has 1 aromatic rings. The van der Waals surface area contributed by atoms with Gasteiger partial charge in [0.15, 0.2) is 0 Å². The zero-order valence-electron chi connectivity index (χ0n) is 9.78. The Hall–Kier alpha value is -1.55. The fraction of sp³-hybridized carbons (Fsp3) is 0.417. The molecule has 4 nitrogen and oxygen atoms in total. The van der Waals surface area contributed by atoms with Crippen molar-refractivity contribution in [2.24, 2.45) is 0 Å². The number of carbonyl (C=O) groups excluding carboxylic acids is 1. The van der Waals surface area contributed by atoms with Gasteiger partial charge in [-0.25, -0.2) is 0 Å². The molecule has 0 spiro atoms. The molecule has 1 amide bonds. The molecule has 0 fully saturated rings. The maximum absolute atomic E-state index is 11.1. The molecule has 0 aliphatic carbocycles. The Labute approximate surface area is 95.2 Å². The molecular formula is C12H17NO3. The molecule has 0 heterocycles. The Morgan fingerprint density at radius 1 is 1.50 bits per heavy atom. The zero-order valence-corrected chi connectivity index (χ0v) is 9.78. The van der Waals surface area contributed by atoms with Crippen LogP contribution in [0.1, 0.15) is 25.3 Å². The number of benzene rings is 1. The highest BCUT2D eigenvalue weighted by atomic mass is 16.5. The van der Waals surface area contributed by atoms with Crippen LogP contribution in [0.15, 0.2) is 18.2 Å². The first kappa shape index (κ1) is 12.5. The van der Waals surface area contributed by atoms with Gasteiger partial charge in [0.1, 0.15) is 12.4 Å². The van der Waals surface area contributed by atoms with Crippen LogP contribution in [0, 0.1) is 0 Å². The summed E-state index contributed by atoms with van der Waals surface area (Å²) in [4.78, 5) is 11.1. The van der Waals surface area contributed by atoms with Crippen molar-refractivity contribution in [3.63, 3.8) is 0 Å². The minimum absolute atomic E-state index is 0.400. The number of hydrogen-bond acceptors (Lipinski definition) is 3. The van der Waals surface area contributed by atoms with E-state index in [0.717, 1.165) is 5.56 Å². The van der Waals surface area contributed by atoms with E-state index in [4.69, 9.17) is 9.84 Å². The van der Waals surface area contributed by atoms with E-state index in [1.165, 1.54) is 0 Å². The highest BCUT2D eigenvalue weighted by Gasteiger charge is 2.08. The van der Waals surface area contributed by atoms with Gasteiger partial charge >= 0.3 is 0 Å². The molecule has 1 aromatic carbocycles. The molecule has 0 saturated carbocycles. The summed E-state index contributed by atoms with van der Waals surface area (Å²) in [6.07, 6.45) is 0. The Bertz CT molecular complexity index is 375. The normalized spacial score (nSPS) is 10.3. The number of hydrogen-bond donors (Lipinski definition) is 2. The molecule has 0 saturated heterocycles. The van der Waals surface area contributed by atoms with Crippen LogP contribution in [0.4, 0.5) is 5.69 Å². The third kappa shape index (κ3) is 2.97. The van der Waals surface area contributed by atoms with Gasteiger partial charge in [-0.1, -0.05) is 19.9 Å². The van der Waals surface area contributed by atoms with E-state index < -0.39 is 12.5 Å². The van der Waals surface area contributed by atoms with E-state index >= 15 is 0 Å². The van der Waals surface area contributed by atoms with Crippen molar-refractivity contribution >= 4 is 11.6 Å². The van der Waals surface area contributed by atoms with Crippen molar-refractivity contribution in [3.05, 3.63) is 23.8 Å². The van der Waals surface area contributed by atoms with Crippen molar-refractivity contribution < 1.29 is 14.6 Å². The minimum atomic E-state index is -0.533. The Morgan fingerprint density at radius 3 is 2.69 bits per heavy atom. The molecule has 0 aliphatic rings. The highest BCUT2D eigenvalue weighted by Crippen LogP contribution is 2.28. The second-order valence-electron chi connectivity index (χ2n) is 3.82. The number of amides is 1. The van der Waals surface area contributed by atoms with Crippen molar-refractivity contribution in [2.45, 2.75) is 19.8 Å². The van der Waals surface area contributed by atoms with Crippen molar-refractivity contribution in [3.8, 4) is 5.75 Å². The van der Waals surface area contributed by atoms with E-state index in [9.17, 15) is 4.79 Å². The van der Waals surface area contributed by atoms with E-state index in [1.807, 2.05) is 12.1 Å².